The fourth-order valence-electron chi connectivity index (χ4n) is 2.48. The normalized spacial score (nSPS) is 11.3. The maximum absolute atomic E-state index is 6.38. The maximum Gasteiger partial charge on any atom is 0.172 e. The van der Waals surface area contributed by atoms with E-state index >= 15 is 0 Å². The van der Waals surface area contributed by atoms with E-state index in [0.717, 1.165) is 37.9 Å². The first-order valence-electron chi connectivity index (χ1n) is 6.90. The molecule has 0 saturated carbocycles. The number of nitrogens with zero attached hydrogens (tertiary/aromatic N) is 3. The zero-order chi connectivity index (χ0) is 14.9. The molecule has 0 bridgehead atoms. The minimum atomic E-state index is 0.737. The lowest BCUT2D eigenvalue weighted by Gasteiger charge is -2.07. The van der Waals surface area contributed by atoms with E-state index in [1.54, 1.807) is 18.0 Å². The highest BCUT2D eigenvalue weighted by molar-refractivity contribution is 7.98. The molecule has 0 spiro atoms. The van der Waals surface area contributed by atoms with Gasteiger partial charge in [-0.2, -0.15) is 0 Å². The molecule has 0 unspecified atom stereocenters. The summed E-state index contributed by atoms with van der Waals surface area (Å²) in [6.45, 7) is 0. The van der Waals surface area contributed by atoms with Crippen LogP contribution in [0.4, 0.5) is 0 Å². The van der Waals surface area contributed by atoms with Crippen molar-refractivity contribution in [2.24, 2.45) is 0 Å². The van der Waals surface area contributed by atoms with Crippen LogP contribution in [0.1, 0.15) is 5.56 Å². The van der Waals surface area contributed by atoms with Gasteiger partial charge in [-0.3, -0.25) is 9.38 Å². The number of pyridine rings is 2. The lowest BCUT2D eigenvalue weighted by atomic mass is 10.1. The van der Waals surface area contributed by atoms with E-state index in [1.165, 1.54) is 0 Å². The fraction of sp³-hybridized carbons (Fsp3) is 0.0588. The number of hydrogen-bond acceptors (Lipinski definition) is 3. The number of thioether (sulfide) groups is 1. The van der Waals surface area contributed by atoms with Crippen molar-refractivity contribution in [3.63, 3.8) is 0 Å². The van der Waals surface area contributed by atoms with Crippen molar-refractivity contribution in [2.75, 3.05) is 0 Å². The lowest BCUT2D eigenvalue weighted by molar-refractivity contribution is 0.958. The molecular formula is C17H12ClN3S. The highest BCUT2D eigenvalue weighted by Crippen LogP contribution is 2.31. The van der Waals surface area contributed by atoms with E-state index in [2.05, 4.69) is 20.4 Å². The van der Waals surface area contributed by atoms with Gasteiger partial charge in [0.05, 0.1) is 17.2 Å². The average Bonchev–Trinajstić information content (AvgIpc) is 2.97. The summed E-state index contributed by atoms with van der Waals surface area (Å²) < 4.78 is 2.08. The van der Waals surface area contributed by atoms with Gasteiger partial charge in [0.1, 0.15) is 0 Å². The molecule has 0 aliphatic heterocycles. The molecule has 108 valence electrons. The van der Waals surface area contributed by atoms with Gasteiger partial charge < -0.3 is 0 Å². The molecule has 1 aromatic carbocycles. The number of aromatic nitrogens is 3. The molecule has 0 fully saturated rings. The number of benzene rings is 1. The Bertz CT molecular complexity index is 964. The Balaban J connectivity index is 1.71. The molecular weight excluding hydrogens is 314 g/mol. The Labute approximate surface area is 137 Å². The van der Waals surface area contributed by atoms with Gasteiger partial charge in [0.15, 0.2) is 5.16 Å². The van der Waals surface area contributed by atoms with Crippen molar-refractivity contribution in [3.05, 3.63) is 71.6 Å². The van der Waals surface area contributed by atoms with Crippen molar-refractivity contribution in [1.82, 2.24) is 14.4 Å². The SMILES string of the molecule is Clc1ccc2cccnc2c1CSc1ncc2ccccn12. The van der Waals surface area contributed by atoms with Crippen molar-refractivity contribution in [3.8, 4) is 0 Å². The van der Waals surface area contributed by atoms with Gasteiger partial charge in [-0.05, 0) is 24.3 Å². The van der Waals surface area contributed by atoms with E-state index in [1.807, 2.05) is 48.8 Å². The van der Waals surface area contributed by atoms with Crippen LogP contribution in [0.3, 0.4) is 0 Å². The predicted molar refractivity (Wildman–Crippen MR) is 91.5 cm³/mol. The first-order valence-corrected chi connectivity index (χ1v) is 8.26. The molecule has 0 amide bonds. The summed E-state index contributed by atoms with van der Waals surface area (Å²) in [5.41, 5.74) is 3.10. The van der Waals surface area contributed by atoms with Gasteiger partial charge in [-0.1, -0.05) is 41.6 Å². The summed E-state index contributed by atoms with van der Waals surface area (Å²) in [5, 5.41) is 2.81. The summed E-state index contributed by atoms with van der Waals surface area (Å²) in [5.74, 6) is 0.737. The van der Waals surface area contributed by atoms with E-state index < -0.39 is 0 Å². The first-order chi connectivity index (χ1) is 10.8. The number of fused-ring (bicyclic) bond motifs is 2. The molecule has 4 aromatic rings. The topological polar surface area (TPSA) is 30.2 Å². The molecule has 3 nitrogen and oxygen atoms in total. The third kappa shape index (κ3) is 2.34. The highest BCUT2D eigenvalue weighted by atomic mass is 35.5. The maximum atomic E-state index is 6.38. The molecule has 0 radical (unpaired) electrons. The van der Waals surface area contributed by atoms with Crippen molar-refractivity contribution in [1.29, 1.82) is 0 Å². The van der Waals surface area contributed by atoms with E-state index in [9.17, 15) is 0 Å². The number of hydrogen-bond donors (Lipinski definition) is 0. The van der Waals surface area contributed by atoms with Crippen LogP contribution in [-0.4, -0.2) is 14.4 Å². The molecule has 3 aromatic heterocycles. The molecule has 5 heteroatoms. The average molecular weight is 326 g/mol. The van der Waals surface area contributed by atoms with Gasteiger partial charge >= 0.3 is 0 Å². The number of halogens is 1. The van der Waals surface area contributed by atoms with Crippen molar-refractivity contribution in [2.45, 2.75) is 10.9 Å². The molecule has 0 atom stereocenters. The van der Waals surface area contributed by atoms with Crippen LogP contribution in [0.5, 0.6) is 0 Å². The van der Waals surface area contributed by atoms with Crippen LogP contribution in [0.2, 0.25) is 5.02 Å². The molecule has 3 heterocycles. The van der Waals surface area contributed by atoms with Gasteiger partial charge in [-0.25, -0.2) is 4.98 Å². The molecule has 0 aliphatic carbocycles. The molecule has 0 saturated heterocycles. The van der Waals surface area contributed by atoms with Crippen LogP contribution in [0.25, 0.3) is 16.4 Å². The number of imidazole rings is 1. The predicted octanol–water partition coefficient (Wildman–Crippen LogP) is 4.83. The largest absolute Gasteiger partial charge is 0.295 e. The van der Waals surface area contributed by atoms with Crippen LogP contribution < -0.4 is 0 Å². The lowest BCUT2D eigenvalue weighted by Crippen LogP contribution is -1.91. The van der Waals surface area contributed by atoms with Gasteiger partial charge in [-0.15, -0.1) is 0 Å². The Morgan fingerprint density at radius 1 is 1.05 bits per heavy atom. The van der Waals surface area contributed by atoms with Crippen molar-refractivity contribution >= 4 is 39.8 Å². The van der Waals surface area contributed by atoms with E-state index in [-0.39, 0.29) is 0 Å². The van der Waals surface area contributed by atoms with Crippen LogP contribution >= 0.6 is 23.4 Å². The van der Waals surface area contributed by atoms with Gasteiger partial charge in [0, 0.05) is 34.1 Å². The second-order valence-corrected chi connectivity index (χ2v) is 6.28. The van der Waals surface area contributed by atoms with Crippen LogP contribution in [-0.2, 0) is 5.75 Å². The molecule has 0 N–H and O–H groups in total. The second kappa shape index (κ2) is 5.63. The summed E-state index contributed by atoms with van der Waals surface area (Å²) in [7, 11) is 0. The molecule has 4 rings (SSSR count). The second-order valence-electron chi connectivity index (χ2n) is 4.93. The Hall–Kier alpha value is -2.04. The summed E-state index contributed by atoms with van der Waals surface area (Å²) in [6, 6.07) is 14.0. The smallest absolute Gasteiger partial charge is 0.172 e. The van der Waals surface area contributed by atoms with Gasteiger partial charge in [0.2, 0.25) is 0 Å². The van der Waals surface area contributed by atoms with E-state index in [0.29, 0.717) is 0 Å². The van der Waals surface area contributed by atoms with Crippen molar-refractivity contribution < 1.29 is 0 Å². The highest BCUT2D eigenvalue weighted by Gasteiger charge is 2.10. The Morgan fingerprint density at radius 2 is 2.00 bits per heavy atom. The van der Waals surface area contributed by atoms with E-state index in [4.69, 9.17) is 11.6 Å². The zero-order valence-electron chi connectivity index (χ0n) is 11.6. The number of rotatable bonds is 3. The van der Waals surface area contributed by atoms with Crippen LogP contribution in [0.15, 0.2) is 66.2 Å². The Kier molecular flexibility index (Phi) is 3.48. The first kappa shape index (κ1) is 13.6. The quantitative estimate of drug-likeness (QED) is 0.505. The zero-order valence-corrected chi connectivity index (χ0v) is 13.2. The summed E-state index contributed by atoms with van der Waals surface area (Å²) >= 11 is 8.05. The summed E-state index contributed by atoms with van der Waals surface area (Å²) in [4.78, 5) is 8.96. The molecule has 0 aliphatic rings. The Morgan fingerprint density at radius 3 is 2.95 bits per heavy atom. The third-order valence-corrected chi connectivity index (χ3v) is 4.92. The van der Waals surface area contributed by atoms with Gasteiger partial charge in [0.25, 0.3) is 0 Å². The standard InChI is InChI=1S/C17H12ClN3S/c18-15-7-6-12-4-3-8-19-16(12)14(15)11-22-17-20-10-13-5-1-2-9-21(13)17/h1-10H,11H2. The third-order valence-electron chi connectivity index (χ3n) is 3.57. The minimum Gasteiger partial charge on any atom is -0.295 e. The minimum absolute atomic E-state index is 0.737. The van der Waals surface area contributed by atoms with Crippen LogP contribution in [0, 0.1) is 0 Å². The molecule has 22 heavy (non-hydrogen) atoms. The summed E-state index contributed by atoms with van der Waals surface area (Å²) in [6.07, 6.45) is 5.71. The fourth-order valence-corrected chi connectivity index (χ4v) is 3.78. The monoisotopic (exact) mass is 325 g/mol.